The number of benzene rings is 3. The van der Waals surface area contributed by atoms with Crippen molar-refractivity contribution in [3.05, 3.63) is 105 Å². The SMILES string of the molecule is CCCOc1cccc(C2/C(=C(\O)c3ccc(Cl)cc3)C(=O)C(=O)N2c2nnc(SCc3ccccc3Cl)s2)c1. The minimum atomic E-state index is -0.949. The number of thioether (sulfide) groups is 1. The molecule has 1 aliphatic heterocycles. The molecular weight excluding hydrogens is 589 g/mol. The van der Waals surface area contributed by atoms with Crippen LogP contribution in [-0.4, -0.2) is 33.6 Å². The first kappa shape index (κ1) is 28.2. The number of anilines is 1. The highest BCUT2D eigenvalue weighted by Gasteiger charge is 2.48. The number of aliphatic hydroxyl groups is 1. The zero-order valence-electron chi connectivity index (χ0n) is 21.2. The van der Waals surface area contributed by atoms with Crippen molar-refractivity contribution in [2.24, 2.45) is 0 Å². The standard InChI is InChI=1S/C29H23Cl2N3O4S2/c1-2-14-38-21-8-5-7-18(15-21)24-23(25(35)17-10-12-20(30)13-11-17)26(36)27(37)34(24)28-32-33-29(40-28)39-16-19-6-3-4-9-22(19)31/h3-13,15,24,35H,2,14,16H2,1H3/b25-23+. The molecule has 1 saturated heterocycles. The lowest BCUT2D eigenvalue weighted by atomic mass is 9.95. The van der Waals surface area contributed by atoms with Gasteiger partial charge in [0.25, 0.3) is 5.78 Å². The van der Waals surface area contributed by atoms with E-state index in [1.165, 1.54) is 28.0 Å². The highest BCUT2D eigenvalue weighted by Crippen LogP contribution is 2.44. The topological polar surface area (TPSA) is 92.6 Å². The van der Waals surface area contributed by atoms with Gasteiger partial charge in [0.1, 0.15) is 11.5 Å². The van der Waals surface area contributed by atoms with Crippen LogP contribution in [0.5, 0.6) is 5.75 Å². The van der Waals surface area contributed by atoms with Crippen molar-refractivity contribution in [1.82, 2.24) is 10.2 Å². The summed E-state index contributed by atoms with van der Waals surface area (Å²) in [6.07, 6.45) is 0.818. The first-order valence-corrected chi connectivity index (χ1v) is 14.9. The Balaban J connectivity index is 1.55. The Kier molecular flexibility index (Phi) is 8.75. The number of hydrogen-bond acceptors (Lipinski definition) is 8. The Morgan fingerprint density at radius 1 is 1.05 bits per heavy atom. The molecule has 0 spiro atoms. The van der Waals surface area contributed by atoms with Crippen molar-refractivity contribution >= 4 is 68.9 Å². The fraction of sp³-hybridized carbons (Fsp3) is 0.172. The number of aliphatic hydroxyl groups excluding tert-OH is 1. The van der Waals surface area contributed by atoms with Gasteiger partial charge in [0.05, 0.1) is 18.2 Å². The van der Waals surface area contributed by atoms with Crippen LogP contribution in [0.15, 0.2) is 82.7 Å². The number of ketones is 1. The number of carbonyl (C=O) groups excluding carboxylic acids is 2. The average molecular weight is 613 g/mol. The summed E-state index contributed by atoms with van der Waals surface area (Å²) in [7, 11) is 0. The molecule has 1 aromatic heterocycles. The van der Waals surface area contributed by atoms with E-state index in [0.717, 1.165) is 12.0 Å². The molecule has 1 N–H and O–H groups in total. The van der Waals surface area contributed by atoms with Crippen LogP contribution < -0.4 is 9.64 Å². The smallest absolute Gasteiger partial charge is 0.301 e. The zero-order valence-corrected chi connectivity index (χ0v) is 24.4. The second-order valence-corrected chi connectivity index (χ2v) is 11.8. The number of ether oxygens (including phenoxy) is 1. The molecule has 5 rings (SSSR count). The summed E-state index contributed by atoms with van der Waals surface area (Å²) in [6, 6.07) is 20.1. The van der Waals surface area contributed by atoms with Gasteiger partial charge in [-0.25, -0.2) is 0 Å². The van der Waals surface area contributed by atoms with Crippen LogP contribution in [0.4, 0.5) is 5.13 Å². The largest absolute Gasteiger partial charge is 0.507 e. The number of nitrogens with zero attached hydrogens (tertiary/aromatic N) is 3. The van der Waals surface area contributed by atoms with Gasteiger partial charge >= 0.3 is 5.91 Å². The maximum atomic E-state index is 13.5. The molecule has 11 heteroatoms. The maximum absolute atomic E-state index is 13.5. The molecule has 204 valence electrons. The maximum Gasteiger partial charge on any atom is 0.301 e. The van der Waals surface area contributed by atoms with Crippen LogP contribution >= 0.6 is 46.3 Å². The molecule has 40 heavy (non-hydrogen) atoms. The van der Waals surface area contributed by atoms with E-state index in [-0.39, 0.29) is 16.5 Å². The number of carbonyl (C=O) groups is 2. The van der Waals surface area contributed by atoms with Crippen LogP contribution in [0.3, 0.4) is 0 Å². The highest BCUT2D eigenvalue weighted by molar-refractivity contribution is 8.00. The van der Waals surface area contributed by atoms with E-state index in [1.54, 1.807) is 48.5 Å². The lowest BCUT2D eigenvalue weighted by Gasteiger charge is -2.23. The van der Waals surface area contributed by atoms with Gasteiger partial charge in [-0.15, -0.1) is 10.2 Å². The summed E-state index contributed by atoms with van der Waals surface area (Å²) < 4.78 is 6.42. The molecule has 1 amide bonds. The molecule has 1 atom stereocenters. The molecule has 3 aromatic carbocycles. The van der Waals surface area contributed by atoms with Crippen molar-refractivity contribution in [3.8, 4) is 5.75 Å². The van der Waals surface area contributed by atoms with Crippen LogP contribution in [0.2, 0.25) is 10.0 Å². The average Bonchev–Trinajstić information content (AvgIpc) is 3.53. The minimum absolute atomic E-state index is 0.0552. The Hall–Kier alpha value is -3.37. The second-order valence-electron chi connectivity index (χ2n) is 8.83. The summed E-state index contributed by atoms with van der Waals surface area (Å²) in [4.78, 5) is 28.2. The van der Waals surface area contributed by atoms with E-state index >= 15 is 0 Å². The summed E-state index contributed by atoms with van der Waals surface area (Å²) in [5, 5.41) is 21.2. The van der Waals surface area contributed by atoms with Crippen molar-refractivity contribution < 1.29 is 19.4 Å². The molecule has 4 aromatic rings. The van der Waals surface area contributed by atoms with E-state index in [2.05, 4.69) is 10.2 Å². The number of rotatable bonds is 9. The predicted octanol–water partition coefficient (Wildman–Crippen LogP) is 7.55. The van der Waals surface area contributed by atoms with Crippen LogP contribution in [0, 0.1) is 0 Å². The lowest BCUT2D eigenvalue weighted by molar-refractivity contribution is -0.132. The van der Waals surface area contributed by atoms with Crippen LogP contribution in [-0.2, 0) is 15.3 Å². The summed E-state index contributed by atoms with van der Waals surface area (Å²) in [5.74, 6) is -0.786. The fourth-order valence-corrected chi connectivity index (χ4v) is 6.50. The molecule has 0 bridgehead atoms. The van der Waals surface area contributed by atoms with Gasteiger partial charge in [0.15, 0.2) is 4.34 Å². The third-order valence-corrected chi connectivity index (χ3v) is 8.85. The normalized spacial score (nSPS) is 16.5. The second kappa shape index (κ2) is 12.4. The minimum Gasteiger partial charge on any atom is -0.507 e. The van der Waals surface area contributed by atoms with E-state index < -0.39 is 17.7 Å². The van der Waals surface area contributed by atoms with E-state index in [0.29, 0.717) is 43.6 Å². The zero-order chi connectivity index (χ0) is 28.2. The predicted molar refractivity (Wildman–Crippen MR) is 159 cm³/mol. The lowest BCUT2D eigenvalue weighted by Crippen LogP contribution is -2.29. The first-order valence-electron chi connectivity index (χ1n) is 12.4. The molecule has 1 fully saturated rings. The molecule has 0 aliphatic carbocycles. The summed E-state index contributed by atoms with van der Waals surface area (Å²) >= 11 is 14.9. The molecule has 1 unspecified atom stereocenters. The van der Waals surface area contributed by atoms with Crippen molar-refractivity contribution in [3.63, 3.8) is 0 Å². The van der Waals surface area contributed by atoms with Crippen LogP contribution in [0.25, 0.3) is 5.76 Å². The molecule has 0 radical (unpaired) electrons. The van der Waals surface area contributed by atoms with Gasteiger partial charge in [-0.2, -0.15) is 0 Å². The van der Waals surface area contributed by atoms with Gasteiger partial charge in [0.2, 0.25) is 5.13 Å². The number of halogens is 2. The van der Waals surface area contributed by atoms with E-state index in [9.17, 15) is 14.7 Å². The van der Waals surface area contributed by atoms with Gasteiger partial charge in [-0.1, -0.05) is 83.6 Å². The van der Waals surface area contributed by atoms with E-state index in [1.807, 2.05) is 31.2 Å². The van der Waals surface area contributed by atoms with Crippen molar-refractivity contribution in [1.29, 1.82) is 0 Å². The fourth-order valence-electron chi connectivity index (χ4n) is 4.22. The Bertz CT molecular complexity index is 1590. The first-order chi connectivity index (χ1) is 19.4. The van der Waals surface area contributed by atoms with Gasteiger partial charge in [-0.3, -0.25) is 14.5 Å². The third kappa shape index (κ3) is 5.88. The number of aromatic nitrogens is 2. The number of Topliss-reactive ketones (excluding diaryl/α,β-unsaturated/α-hetero) is 1. The van der Waals surface area contributed by atoms with Gasteiger partial charge in [-0.05, 0) is 60.0 Å². The third-order valence-electron chi connectivity index (χ3n) is 6.12. The van der Waals surface area contributed by atoms with Crippen molar-refractivity contribution in [2.45, 2.75) is 29.5 Å². The highest BCUT2D eigenvalue weighted by atomic mass is 35.5. The quantitative estimate of drug-likeness (QED) is 0.0686. The van der Waals surface area contributed by atoms with Gasteiger partial charge in [0, 0.05) is 21.4 Å². The molecule has 7 nitrogen and oxygen atoms in total. The summed E-state index contributed by atoms with van der Waals surface area (Å²) in [6.45, 7) is 2.51. The molecule has 0 saturated carbocycles. The van der Waals surface area contributed by atoms with Crippen molar-refractivity contribution in [2.75, 3.05) is 11.5 Å². The Labute approximate surface area is 249 Å². The molecule has 2 heterocycles. The van der Waals surface area contributed by atoms with E-state index in [4.69, 9.17) is 27.9 Å². The van der Waals surface area contributed by atoms with Crippen LogP contribution in [0.1, 0.15) is 36.1 Å². The number of hydrogen-bond donors (Lipinski definition) is 1. The molecule has 1 aliphatic rings. The molecular formula is C29H23Cl2N3O4S2. The Morgan fingerprint density at radius 3 is 2.58 bits per heavy atom. The number of amides is 1. The monoisotopic (exact) mass is 611 g/mol. The Morgan fingerprint density at radius 2 is 1.82 bits per heavy atom. The summed E-state index contributed by atoms with van der Waals surface area (Å²) in [5.41, 5.74) is 1.83. The van der Waals surface area contributed by atoms with Gasteiger partial charge < -0.3 is 9.84 Å².